The van der Waals surface area contributed by atoms with Crippen molar-refractivity contribution < 1.29 is 0 Å². The van der Waals surface area contributed by atoms with Gasteiger partial charge in [0.1, 0.15) is 0 Å². The predicted octanol–water partition coefficient (Wildman–Crippen LogP) is 2.20. The van der Waals surface area contributed by atoms with Crippen LogP contribution in [-0.4, -0.2) is 9.97 Å². The molecule has 2 N–H and O–H groups in total. The third-order valence-electron chi connectivity index (χ3n) is 2.05. The van der Waals surface area contributed by atoms with Crippen LogP contribution < -0.4 is 5.73 Å². The van der Waals surface area contributed by atoms with Crippen LogP contribution in [0.5, 0.6) is 0 Å². The molecule has 0 saturated heterocycles. The number of nitrogen functional groups attached to an aromatic ring is 1. The lowest BCUT2D eigenvalue weighted by atomic mass is 10.1. The van der Waals surface area contributed by atoms with Crippen molar-refractivity contribution in [3.8, 4) is 11.4 Å². The van der Waals surface area contributed by atoms with Gasteiger partial charge in [-0.3, -0.25) is 0 Å². The number of allylic oxidation sites excluding steroid dienone is 1. The Balaban J connectivity index is 2.66. The van der Waals surface area contributed by atoms with Gasteiger partial charge in [0, 0.05) is 0 Å². The Labute approximate surface area is 82.7 Å². The summed E-state index contributed by atoms with van der Waals surface area (Å²) in [4.78, 5) is 8.21. The summed E-state index contributed by atoms with van der Waals surface area (Å²) in [5.41, 5.74) is 9.20. The summed E-state index contributed by atoms with van der Waals surface area (Å²) in [6.07, 6.45) is 0. The molecule has 70 valence electrons. The van der Waals surface area contributed by atoms with E-state index in [1.165, 1.54) is 0 Å². The van der Waals surface area contributed by atoms with Crippen LogP contribution >= 0.6 is 0 Å². The quantitative estimate of drug-likeness (QED) is 0.741. The highest BCUT2D eigenvalue weighted by Crippen LogP contribution is 2.22. The minimum absolute atomic E-state index is 0.318. The number of imidazole rings is 1. The largest absolute Gasteiger partial charge is 0.368 e. The molecule has 2 aliphatic rings. The van der Waals surface area contributed by atoms with E-state index in [0.717, 1.165) is 22.5 Å². The summed E-state index contributed by atoms with van der Waals surface area (Å²) in [7, 11) is 0. The Morgan fingerprint density at radius 3 is 2.71 bits per heavy atom. The van der Waals surface area contributed by atoms with Gasteiger partial charge in [0.2, 0.25) is 5.95 Å². The predicted molar refractivity (Wildman–Crippen MR) is 57.8 cm³/mol. The third-order valence-corrected chi connectivity index (χ3v) is 2.05. The summed E-state index contributed by atoms with van der Waals surface area (Å²) in [6, 6.07) is 7.76. The monoisotopic (exact) mass is 185 g/mol. The molecule has 0 amide bonds. The van der Waals surface area contributed by atoms with Crippen molar-refractivity contribution in [2.75, 3.05) is 5.73 Å². The summed E-state index contributed by atoms with van der Waals surface area (Å²) in [5, 5.41) is 0. The van der Waals surface area contributed by atoms with Crippen LogP contribution in [-0.2, 0) is 0 Å². The average Bonchev–Trinajstić information content (AvgIpc) is 2.32. The van der Waals surface area contributed by atoms with E-state index >= 15 is 0 Å². The summed E-state index contributed by atoms with van der Waals surface area (Å²) < 4.78 is 0. The van der Waals surface area contributed by atoms with Gasteiger partial charge in [-0.15, -0.1) is 0 Å². The Bertz CT molecular complexity index is 462. The molecule has 1 aliphatic carbocycles. The normalized spacial score (nSPS) is 10.4. The Hall–Kier alpha value is -1.90. The van der Waals surface area contributed by atoms with Gasteiger partial charge in [-0.05, 0) is 24.6 Å². The van der Waals surface area contributed by atoms with Gasteiger partial charge < -0.3 is 5.73 Å². The number of anilines is 1. The number of rotatable bonds is 1. The van der Waals surface area contributed by atoms with Gasteiger partial charge in [-0.1, -0.05) is 24.3 Å². The second kappa shape index (κ2) is 3.10. The van der Waals surface area contributed by atoms with Gasteiger partial charge in [-0.25, -0.2) is 9.97 Å². The Kier molecular flexibility index (Phi) is 1.93. The fraction of sp³-hybridized carbons (Fsp3) is 0.0909. The van der Waals surface area contributed by atoms with E-state index in [4.69, 9.17) is 5.73 Å². The van der Waals surface area contributed by atoms with Crippen molar-refractivity contribution in [3.05, 3.63) is 36.4 Å². The van der Waals surface area contributed by atoms with E-state index in [1.54, 1.807) is 0 Å². The average molecular weight is 185 g/mol. The number of hydrogen-bond donors (Lipinski definition) is 1. The Morgan fingerprint density at radius 1 is 1.29 bits per heavy atom. The molecule has 0 atom stereocenters. The standard InChI is InChI=1S/C11H11N3/c1-7(2)8-4-3-5-9-10(6-8)14-11(12)13-9/h3-6H,1H2,2H3,(H2,12,13,14). The molecular weight excluding hydrogens is 174 g/mol. The van der Waals surface area contributed by atoms with Crippen molar-refractivity contribution in [2.24, 2.45) is 0 Å². The molecule has 0 aromatic carbocycles. The molecule has 14 heavy (non-hydrogen) atoms. The van der Waals surface area contributed by atoms with E-state index < -0.39 is 0 Å². The molecule has 0 aromatic rings. The van der Waals surface area contributed by atoms with Gasteiger partial charge >= 0.3 is 0 Å². The first-order valence-electron chi connectivity index (χ1n) is 4.36. The van der Waals surface area contributed by atoms with Crippen LogP contribution in [0.4, 0.5) is 5.95 Å². The van der Waals surface area contributed by atoms with Crippen LogP contribution in [0.2, 0.25) is 0 Å². The molecule has 0 bridgehead atoms. The topological polar surface area (TPSA) is 51.8 Å². The second-order valence-electron chi connectivity index (χ2n) is 3.26. The van der Waals surface area contributed by atoms with E-state index in [9.17, 15) is 0 Å². The number of aromatic nitrogens is 2. The zero-order chi connectivity index (χ0) is 10.1. The first-order valence-corrected chi connectivity index (χ1v) is 4.36. The van der Waals surface area contributed by atoms with Crippen LogP contribution in [0, 0.1) is 0 Å². The van der Waals surface area contributed by atoms with Crippen molar-refractivity contribution in [3.63, 3.8) is 0 Å². The highest BCUT2D eigenvalue weighted by Gasteiger charge is 2.07. The lowest BCUT2D eigenvalue weighted by molar-refractivity contribution is 1.34. The fourth-order valence-corrected chi connectivity index (χ4v) is 1.32. The maximum atomic E-state index is 5.51. The SMILES string of the molecule is C=C(C)c1cccc2nc(N)nc-2c1. The molecule has 0 saturated carbocycles. The summed E-state index contributed by atoms with van der Waals surface area (Å²) in [6.45, 7) is 5.85. The first kappa shape index (κ1) is 8.69. The Morgan fingerprint density at radius 2 is 2.00 bits per heavy atom. The lowest BCUT2D eigenvalue weighted by Gasteiger charge is -1.93. The van der Waals surface area contributed by atoms with Gasteiger partial charge in [0.05, 0.1) is 11.4 Å². The summed E-state index contributed by atoms with van der Waals surface area (Å²) >= 11 is 0. The minimum atomic E-state index is 0.318. The highest BCUT2D eigenvalue weighted by atomic mass is 15.0. The van der Waals surface area contributed by atoms with Crippen LogP contribution in [0.3, 0.4) is 0 Å². The van der Waals surface area contributed by atoms with Crippen LogP contribution in [0.1, 0.15) is 12.5 Å². The molecule has 0 aromatic heterocycles. The van der Waals surface area contributed by atoms with Crippen LogP contribution in [0.25, 0.3) is 17.0 Å². The second-order valence-corrected chi connectivity index (χ2v) is 3.26. The zero-order valence-corrected chi connectivity index (χ0v) is 7.99. The van der Waals surface area contributed by atoms with E-state index in [1.807, 2.05) is 31.2 Å². The van der Waals surface area contributed by atoms with Crippen molar-refractivity contribution in [2.45, 2.75) is 6.92 Å². The number of nitrogens with two attached hydrogens (primary N) is 1. The summed E-state index contributed by atoms with van der Waals surface area (Å²) in [5.74, 6) is 0.318. The van der Waals surface area contributed by atoms with Crippen molar-refractivity contribution in [1.82, 2.24) is 9.97 Å². The molecule has 1 heterocycles. The van der Waals surface area contributed by atoms with Crippen molar-refractivity contribution in [1.29, 1.82) is 0 Å². The lowest BCUT2D eigenvalue weighted by Crippen LogP contribution is -1.84. The molecular formula is C11H11N3. The maximum absolute atomic E-state index is 5.51. The van der Waals surface area contributed by atoms with Gasteiger partial charge in [0.25, 0.3) is 0 Å². The van der Waals surface area contributed by atoms with E-state index in [-0.39, 0.29) is 0 Å². The van der Waals surface area contributed by atoms with E-state index in [2.05, 4.69) is 16.5 Å². The van der Waals surface area contributed by atoms with Crippen LogP contribution in [0.15, 0.2) is 30.8 Å². The van der Waals surface area contributed by atoms with E-state index in [0.29, 0.717) is 5.95 Å². The zero-order valence-electron chi connectivity index (χ0n) is 7.99. The highest BCUT2D eigenvalue weighted by molar-refractivity contribution is 5.68. The maximum Gasteiger partial charge on any atom is 0.221 e. The minimum Gasteiger partial charge on any atom is -0.368 e. The first-order chi connectivity index (χ1) is 6.66. The number of fused-ring (bicyclic) bond motifs is 1. The molecule has 3 heteroatoms. The third kappa shape index (κ3) is 1.44. The molecule has 3 nitrogen and oxygen atoms in total. The molecule has 0 unspecified atom stereocenters. The molecule has 0 fully saturated rings. The molecule has 1 aliphatic heterocycles. The molecule has 0 spiro atoms. The molecule has 0 radical (unpaired) electrons. The van der Waals surface area contributed by atoms with Crippen molar-refractivity contribution >= 4 is 11.5 Å². The van der Waals surface area contributed by atoms with Gasteiger partial charge in [0.15, 0.2) is 0 Å². The number of nitrogens with zero attached hydrogens (tertiary/aromatic N) is 2. The van der Waals surface area contributed by atoms with Gasteiger partial charge in [-0.2, -0.15) is 0 Å². The fourth-order valence-electron chi connectivity index (χ4n) is 1.32. The number of hydrogen-bond acceptors (Lipinski definition) is 3. The smallest absolute Gasteiger partial charge is 0.221 e. The molecule has 2 rings (SSSR count).